The lowest BCUT2D eigenvalue weighted by Gasteiger charge is -2.44. The van der Waals surface area contributed by atoms with Gasteiger partial charge in [0, 0.05) is 12.0 Å². The van der Waals surface area contributed by atoms with Crippen molar-refractivity contribution in [3.8, 4) is 11.1 Å². The lowest BCUT2D eigenvalue weighted by atomic mass is 9.73. The summed E-state index contributed by atoms with van der Waals surface area (Å²) < 4.78 is 5.69. The molecule has 2 amide bonds. The number of ether oxygens (including phenoxy) is 1. The number of aliphatic carboxylic acids is 1. The summed E-state index contributed by atoms with van der Waals surface area (Å²) in [5, 5.41) is 12.4. The zero-order chi connectivity index (χ0) is 25.5. The fourth-order valence-electron chi connectivity index (χ4n) is 4.77. The van der Waals surface area contributed by atoms with Crippen molar-refractivity contribution in [1.82, 2.24) is 10.2 Å². The molecule has 0 aliphatic heterocycles. The van der Waals surface area contributed by atoms with Gasteiger partial charge in [0.25, 0.3) is 0 Å². The Bertz CT molecular complexity index is 1110. The topological polar surface area (TPSA) is 95.9 Å². The monoisotopic (exact) mass is 478 g/mol. The fourth-order valence-corrected chi connectivity index (χ4v) is 4.77. The van der Waals surface area contributed by atoms with E-state index in [4.69, 9.17) is 4.74 Å². The number of hydrogen-bond donors (Lipinski definition) is 2. The van der Waals surface area contributed by atoms with Crippen molar-refractivity contribution in [2.45, 2.75) is 71.0 Å². The largest absolute Gasteiger partial charge is 0.480 e. The maximum atomic E-state index is 13.5. The molecule has 2 N–H and O–H groups in total. The van der Waals surface area contributed by atoms with Gasteiger partial charge in [-0.1, -0.05) is 48.5 Å². The summed E-state index contributed by atoms with van der Waals surface area (Å²) >= 11 is 0. The van der Waals surface area contributed by atoms with Crippen LogP contribution >= 0.6 is 0 Å². The third-order valence-corrected chi connectivity index (χ3v) is 7.80. The van der Waals surface area contributed by atoms with E-state index in [9.17, 15) is 19.5 Å². The van der Waals surface area contributed by atoms with Gasteiger partial charge >= 0.3 is 12.1 Å². The summed E-state index contributed by atoms with van der Waals surface area (Å²) in [6.45, 7) is 8.72. The highest BCUT2D eigenvalue weighted by Crippen LogP contribution is 2.44. The van der Waals surface area contributed by atoms with Gasteiger partial charge in [-0.3, -0.25) is 4.79 Å². The Labute approximate surface area is 206 Å². The number of amides is 2. The lowest BCUT2D eigenvalue weighted by Crippen LogP contribution is -2.62. The van der Waals surface area contributed by atoms with Crippen LogP contribution in [-0.2, 0) is 14.3 Å². The molecule has 0 heterocycles. The molecule has 35 heavy (non-hydrogen) atoms. The average molecular weight is 479 g/mol. The molecule has 7 heteroatoms. The number of carboxylic acids is 1. The van der Waals surface area contributed by atoms with Crippen LogP contribution in [0, 0.1) is 5.41 Å². The van der Waals surface area contributed by atoms with E-state index in [0.29, 0.717) is 0 Å². The number of benzene rings is 2. The summed E-state index contributed by atoms with van der Waals surface area (Å²) in [4.78, 5) is 39.5. The van der Waals surface area contributed by atoms with Crippen LogP contribution in [0.4, 0.5) is 4.79 Å². The number of alkyl carbamates (subject to hydrolysis) is 1. The maximum Gasteiger partial charge on any atom is 0.407 e. The van der Waals surface area contributed by atoms with E-state index in [1.165, 1.54) is 11.8 Å². The molecule has 186 valence electrons. The van der Waals surface area contributed by atoms with Crippen molar-refractivity contribution in [2.24, 2.45) is 5.41 Å². The molecular formula is C28H34N2O5. The van der Waals surface area contributed by atoms with Crippen LogP contribution in [-0.4, -0.2) is 52.2 Å². The number of carbonyl (C=O) groups excluding carboxylic acids is 2. The fraction of sp³-hybridized carbons (Fsp3) is 0.464. The lowest BCUT2D eigenvalue weighted by molar-refractivity contribution is -0.156. The van der Waals surface area contributed by atoms with E-state index in [0.717, 1.165) is 35.1 Å². The van der Waals surface area contributed by atoms with E-state index >= 15 is 0 Å². The van der Waals surface area contributed by atoms with Gasteiger partial charge < -0.3 is 20.1 Å². The SMILES string of the molecule is CC(C(=O)O)N(C(=O)C(C)(C)C(C)(C)NC(=O)OCC1c2ccccc2-c2ccccc21)C1CC1. The first-order chi connectivity index (χ1) is 16.5. The smallest absolute Gasteiger partial charge is 0.407 e. The van der Waals surface area contributed by atoms with E-state index in [2.05, 4.69) is 29.6 Å². The molecule has 1 fully saturated rings. The quantitative estimate of drug-likeness (QED) is 0.569. The zero-order valence-corrected chi connectivity index (χ0v) is 21.0. The van der Waals surface area contributed by atoms with Crippen LogP contribution in [0.5, 0.6) is 0 Å². The molecule has 7 nitrogen and oxygen atoms in total. The van der Waals surface area contributed by atoms with E-state index in [-0.39, 0.29) is 24.5 Å². The Morgan fingerprint density at radius 2 is 1.51 bits per heavy atom. The summed E-state index contributed by atoms with van der Waals surface area (Å²) in [6, 6.07) is 15.2. The zero-order valence-electron chi connectivity index (χ0n) is 21.0. The third kappa shape index (κ3) is 4.51. The molecule has 2 aliphatic carbocycles. The Balaban J connectivity index is 1.46. The van der Waals surface area contributed by atoms with Crippen molar-refractivity contribution in [3.05, 3.63) is 59.7 Å². The van der Waals surface area contributed by atoms with Gasteiger partial charge in [-0.15, -0.1) is 0 Å². The minimum atomic E-state index is -1.06. The number of nitrogens with zero attached hydrogens (tertiary/aromatic N) is 1. The van der Waals surface area contributed by atoms with Gasteiger partial charge in [0.05, 0.1) is 11.0 Å². The third-order valence-electron chi connectivity index (χ3n) is 7.80. The number of fused-ring (bicyclic) bond motifs is 3. The second kappa shape index (κ2) is 9.02. The molecule has 0 spiro atoms. The molecule has 2 aromatic rings. The van der Waals surface area contributed by atoms with Crippen LogP contribution in [0.25, 0.3) is 11.1 Å². The molecule has 1 unspecified atom stereocenters. The number of carbonyl (C=O) groups is 3. The number of rotatable bonds is 8. The first-order valence-corrected chi connectivity index (χ1v) is 12.1. The van der Waals surface area contributed by atoms with Crippen molar-refractivity contribution in [1.29, 1.82) is 0 Å². The molecule has 4 rings (SSSR count). The van der Waals surface area contributed by atoms with Crippen molar-refractivity contribution < 1.29 is 24.2 Å². The second-order valence-corrected chi connectivity index (χ2v) is 10.7. The summed E-state index contributed by atoms with van der Waals surface area (Å²) in [6.07, 6.45) is 0.973. The van der Waals surface area contributed by atoms with Crippen LogP contribution in [0.2, 0.25) is 0 Å². The predicted octanol–water partition coefficient (Wildman–Crippen LogP) is 4.79. The first kappa shape index (κ1) is 24.8. The van der Waals surface area contributed by atoms with Gasteiger partial charge in [-0.05, 0) is 69.7 Å². The van der Waals surface area contributed by atoms with Crippen LogP contribution in [0.15, 0.2) is 48.5 Å². The van der Waals surface area contributed by atoms with Crippen molar-refractivity contribution in [3.63, 3.8) is 0 Å². The highest BCUT2D eigenvalue weighted by Gasteiger charge is 2.51. The minimum Gasteiger partial charge on any atom is -0.480 e. The summed E-state index contributed by atoms with van der Waals surface area (Å²) in [5.74, 6) is -1.39. The normalized spacial score (nSPS) is 16.1. The maximum absolute atomic E-state index is 13.5. The van der Waals surface area contributed by atoms with Crippen molar-refractivity contribution in [2.75, 3.05) is 6.61 Å². The summed E-state index contributed by atoms with van der Waals surface area (Å²) in [7, 11) is 0. The molecule has 0 radical (unpaired) electrons. The molecule has 0 aromatic heterocycles. The van der Waals surface area contributed by atoms with Gasteiger partial charge in [0.1, 0.15) is 12.6 Å². The molecule has 0 saturated heterocycles. The van der Waals surface area contributed by atoms with E-state index in [1.54, 1.807) is 27.7 Å². The van der Waals surface area contributed by atoms with E-state index < -0.39 is 29.1 Å². The molecule has 1 saturated carbocycles. The van der Waals surface area contributed by atoms with Crippen LogP contribution in [0.1, 0.15) is 64.5 Å². The molecule has 1 atom stereocenters. The highest BCUT2D eigenvalue weighted by molar-refractivity contribution is 5.89. The van der Waals surface area contributed by atoms with Gasteiger partial charge in [-0.25, -0.2) is 9.59 Å². The molecule has 0 bridgehead atoms. The number of nitrogens with one attached hydrogen (secondary N) is 1. The van der Waals surface area contributed by atoms with Crippen LogP contribution in [0.3, 0.4) is 0 Å². The van der Waals surface area contributed by atoms with Gasteiger partial charge in [0.2, 0.25) is 5.91 Å². The highest BCUT2D eigenvalue weighted by atomic mass is 16.5. The van der Waals surface area contributed by atoms with Crippen LogP contribution < -0.4 is 5.32 Å². The standard InChI is InChI=1S/C28H34N2O5/c1-17(24(31)32)30(18-14-15-18)25(33)27(2,3)28(4,5)29-26(34)35-16-23-21-12-8-6-10-19(21)20-11-7-9-13-22(20)23/h6-13,17-18,23H,14-16H2,1-5H3,(H,29,34)(H,31,32). The molecule has 2 aromatic carbocycles. The first-order valence-electron chi connectivity index (χ1n) is 12.1. The second-order valence-electron chi connectivity index (χ2n) is 10.7. The Kier molecular flexibility index (Phi) is 6.38. The minimum absolute atomic E-state index is 0.0623. The van der Waals surface area contributed by atoms with Gasteiger partial charge in [0.15, 0.2) is 0 Å². The molecular weight excluding hydrogens is 444 g/mol. The Hall–Kier alpha value is -3.35. The van der Waals surface area contributed by atoms with Gasteiger partial charge in [-0.2, -0.15) is 0 Å². The summed E-state index contributed by atoms with van der Waals surface area (Å²) in [5.41, 5.74) is 2.50. The Morgan fingerprint density at radius 1 is 1.00 bits per heavy atom. The number of carboxylic acid groups (broad SMARTS) is 1. The Morgan fingerprint density at radius 3 is 2.00 bits per heavy atom. The number of hydrogen-bond acceptors (Lipinski definition) is 4. The average Bonchev–Trinajstić information content (AvgIpc) is 3.59. The van der Waals surface area contributed by atoms with E-state index in [1.807, 2.05) is 24.3 Å². The molecule has 2 aliphatic rings. The predicted molar refractivity (Wildman–Crippen MR) is 133 cm³/mol. The van der Waals surface area contributed by atoms with Crippen molar-refractivity contribution >= 4 is 18.0 Å².